The molecule has 0 unspecified atom stereocenters. The van der Waals surface area contributed by atoms with E-state index < -0.39 is 17.8 Å². The van der Waals surface area contributed by atoms with Gasteiger partial charge in [0.2, 0.25) is 5.91 Å². The lowest BCUT2D eigenvalue weighted by molar-refractivity contribution is -0.140. The molecule has 96 valence electrons. The highest BCUT2D eigenvalue weighted by atomic mass is 19.1. The van der Waals surface area contributed by atoms with Gasteiger partial charge in [-0.05, 0) is 30.5 Å². The van der Waals surface area contributed by atoms with Crippen molar-refractivity contribution in [2.75, 3.05) is 0 Å². The number of amides is 1. The van der Waals surface area contributed by atoms with Crippen LogP contribution in [0, 0.1) is 24.6 Å². The molecular weight excluding hydrogens is 237 g/mol. The molecule has 2 atom stereocenters. The van der Waals surface area contributed by atoms with Crippen molar-refractivity contribution in [3.63, 3.8) is 0 Å². The number of aryl methyl sites for hydroxylation is 1. The molecule has 2 rings (SSSR count). The Hall–Kier alpha value is -1.91. The largest absolute Gasteiger partial charge is 0.481 e. The number of carboxylic acids is 1. The molecule has 0 spiro atoms. The summed E-state index contributed by atoms with van der Waals surface area (Å²) in [6.07, 6.45) is 0.392. The van der Waals surface area contributed by atoms with Gasteiger partial charge >= 0.3 is 5.97 Å². The second-order valence-electron chi connectivity index (χ2n) is 4.59. The Morgan fingerprint density at radius 1 is 1.44 bits per heavy atom. The quantitative estimate of drug-likeness (QED) is 0.851. The van der Waals surface area contributed by atoms with Crippen molar-refractivity contribution in [2.24, 2.45) is 11.8 Å². The van der Waals surface area contributed by atoms with Gasteiger partial charge in [-0.3, -0.25) is 9.59 Å². The van der Waals surface area contributed by atoms with E-state index in [0.29, 0.717) is 17.5 Å². The number of hydrogen-bond acceptors (Lipinski definition) is 2. The molecule has 1 aromatic carbocycles. The van der Waals surface area contributed by atoms with E-state index in [-0.39, 0.29) is 18.3 Å². The zero-order valence-corrected chi connectivity index (χ0v) is 9.94. The molecule has 1 aromatic rings. The Labute approximate surface area is 104 Å². The van der Waals surface area contributed by atoms with Crippen LogP contribution in [0.5, 0.6) is 0 Å². The minimum absolute atomic E-state index is 0.221. The predicted octanol–water partition coefficient (Wildman–Crippen LogP) is 1.47. The van der Waals surface area contributed by atoms with Gasteiger partial charge in [0.05, 0.1) is 11.8 Å². The molecule has 1 fully saturated rings. The van der Waals surface area contributed by atoms with Gasteiger partial charge in [0.1, 0.15) is 5.82 Å². The molecule has 5 heteroatoms. The number of halogens is 1. The monoisotopic (exact) mass is 251 g/mol. The van der Waals surface area contributed by atoms with Gasteiger partial charge in [0.25, 0.3) is 0 Å². The molecule has 18 heavy (non-hydrogen) atoms. The van der Waals surface area contributed by atoms with Crippen molar-refractivity contribution in [1.82, 2.24) is 5.32 Å². The molecule has 1 aliphatic rings. The number of aliphatic carboxylic acids is 1. The van der Waals surface area contributed by atoms with E-state index in [2.05, 4.69) is 5.32 Å². The first-order valence-electron chi connectivity index (χ1n) is 5.74. The van der Waals surface area contributed by atoms with Gasteiger partial charge in [-0.15, -0.1) is 0 Å². The normalized spacial score (nSPS) is 21.4. The molecule has 1 aliphatic carbocycles. The van der Waals surface area contributed by atoms with E-state index in [1.165, 1.54) is 6.07 Å². The van der Waals surface area contributed by atoms with Crippen molar-refractivity contribution in [2.45, 2.75) is 19.9 Å². The van der Waals surface area contributed by atoms with Gasteiger partial charge in [-0.1, -0.05) is 12.1 Å². The Balaban J connectivity index is 1.87. The summed E-state index contributed by atoms with van der Waals surface area (Å²) in [5.74, 6) is -2.51. The maximum atomic E-state index is 13.3. The van der Waals surface area contributed by atoms with Crippen LogP contribution in [0.2, 0.25) is 0 Å². The fourth-order valence-corrected chi connectivity index (χ4v) is 1.82. The number of hydrogen-bond donors (Lipinski definition) is 2. The third-order valence-electron chi connectivity index (χ3n) is 3.15. The number of nitrogens with one attached hydrogen (secondary N) is 1. The van der Waals surface area contributed by atoms with E-state index in [9.17, 15) is 14.0 Å². The summed E-state index contributed by atoms with van der Waals surface area (Å²) in [5, 5.41) is 11.3. The number of benzene rings is 1. The van der Waals surface area contributed by atoms with Crippen LogP contribution in [0.1, 0.15) is 17.5 Å². The summed E-state index contributed by atoms with van der Waals surface area (Å²) in [4.78, 5) is 22.2. The van der Waals surface area contributed by atoms with Gasteiger partial charge in [0.15, 0.2) is 0 Å². The summed E-state index contributed by atoms with van der Waals surface area (Å²) in [7, 11) is 0. The number of carboxylic acid groups (broad SMARTS) is 1. The molecule has 4 nitrogen and oxygen atoms in total. The Morgan fingerprint density at radius 2 is 2.17 bits per heavy atom. The second kappa shape index (κ2) is 4.76. The Kier molecular flexibility index (Phi) is 3.32. The van der Waals surface area contributed by atoms with Crippen molar-refractivity contribution >= 4 is 11.9 Å². The Morgan fingerprint density at radius 3 is 2.72 bits per heavy atom. The van der Waals surface area contributed by atoms with E-state index in [0.717, 1.165) is 0 Å². The molecular formula is C13H14FNO3. The first-order chi connectivity index (χ1) is 8.49. The smallest absolute Gasteiger partial charge is 0.307 e. The molecule has 0 aromatic heterocycles. The van der Waals surface area contributed by atoms with Crippen molar-refractivity contribution in [1.29, 1.82) is 0 Å². The minimum atomic E-state index is -0.934. The van der Waals surface area contributed by atoms with Crippen molar-refractivity contribution in [3.05, 3.63) is 35.1 Å². The maximum absolute atomic E-state index is 13.3. The van der Waals surface area contributed by atoms with Crippen LogP contribution >= 0.6 is 0 Å². The summed E-state index contributed by atoms with van der Waals surface area (Å²) in [6, 6.07) is 4.76. The van der Waals surface area contributed by atoms with Crippen LogP contribution in [-0.4, -0.2) is 17.0 Å². The highest BCUT2D eigenvalue weighted by Crippen LogP contribution is 2.38. The molecule has 0 radical (unpaired) electrons. The minimum Gasteiger partial charge on any atom is -0.481 e. The molecule has 0 heterocycles. The van der Waals surface area contributed by atoms with Crippen LogP contribution in [0.25, 0.3) is 0 Å². The Bertz CT molecular complexity index is 501. The molecule has 0 bridgehead atoms. The maximum Gasteiger partial charge on any atom is 0.307 e. The van der Waals surface area contributed by atoms with Gasteiger partial charge < -0.3 is 10.4 Å². The summed E-state index contributed by atoms with van der Waals surface area (Å²) in [6.45, 7) is 1.89. The van der Waals surface area contributed by atoms with Crippen LogP contribution in [-0.2, 0) is 16.1 Å². The highest BCUT2D eigenvalue weighted by Gasteiger charge is 2.48. The van der Waals surface area contributed by atoms with Gasteiger partial charge in [-0.25, -0.2) is 4.39 Å². The van der Waals surface area contributed by atoms with Crippen molar-refractivity contribution in [3.8, 4) is 0 Å². The first kappa shape index (κ1) is 12.5. The molecule has 2 N–H and O–H groups in total. The molecule has 1 saturated carbocycles. The highest BCUT2D eigenvalue weighted by molar-refractivity contribution is 5.89. The number of carbonyl (C=O) groups is 2. The molecule has 1 amide bonds. The zero-order valence-electron chi connectivity index (χ0n) is 9.94. The second-order valence-corrected chi connectivity index (χ2v) is 4.59. The summed E-state index contributed by atoms with van der Waals surface area (Å²) >= 11 is 0. The lowest BCUT2D eigenvalue weighted by atomic mass is 10.1. The third kappa shape index (κ3) is 2.67. The topological polar surface area (TPSA) is 66.4 Å². The van der Waals surface area contributed by atoms with Crippen molar-refractivity contribution < 1.29 is 19.1 Å². The number of carbonyl (C=O) groups excluding carboxylic acids is 1. The SMILES string of the molecule is Cc1ccc(CNC(=O)[C@@H]2C[C@H]2C(=O)O)cc1F. The zero-order chi connectivity index (χ0) is 13.3. The van der Waals surface area contributed by atoms with E-state index >= 15 is 0 Å². The standard InChI is InChI=1S/C13H14FNO3/c1-7-2-3-8(4-11(7)14)6-15-12(16)9-5-10(9)13(17)18/h2-4,9-10H,5-6H2,1H3,(H,15,16)(H,17,18)/t9-,10-/m1/s1. The van der Waals surface area contributed by atoms with Gasteiger partial charge in [-0.2, -0.15) is 0 Å². The van der Waals surface area contributed by atoms with Crippen LogP contribution in [0.3, 0.4) is 0 Å². The molecule has 0 saturated heterocycles. The van der Waals surface area contributed by atoms with E-state index in [1.807, 2.05) is 0 Å². The van der Waals surface area contributed by atoms with E-state index in [1.54, 1.807) is 19.1 Å². The van der Waals surface area contributed by atoms with E-state index in [4.69, 9.17) is 5.11 Å². The van der Waals surface area contributed by atoms with Crippen LogP contribution < -0.4 is 5.32 Å². The first-order valence-corrected chi connectivity index (χ1v) is 5.74. The van der Waals surface area contributed by atoms with Crippen LogP contribution in [0.4, 0.5) is 4.39 Å². The molecule has 0 aliphatic heterocycles. The van der Waals surface area contributed by atoms with Gasteiger partial charge in [0, 0.05) is 6.54 Å². The average molecular weight is 251 g/mol. The summed E-state index contributed by atoms with van der Waals surface area (Å²) in [5.41, 5.74) is 1.22. The lowest BCUT2D eigenvalue weighted by Crippen LogP contribution is -2.25. The summed E-state index contributed by atoms with van der Waals surface area (Å²) < 4.78 is 13.3. The lowest BCUT2D eigenvalue weighted by Gasteiger charge is -2.05. The number of rotatable bonds is 4. The predicted molar refractivity (Wildman–Crippen MR) is 62.2 cm³/mol. The average Bonchev–Trinajstić information content (AvgIpc) is 3.10. The fourth-order valence-electron chi connectivity index (χ4n) is 1.82. The third-order valence-corrected chi connectivity index (χ3v) is 3.15. The fraction of sp³-hybridized carbons (Fsp3) is 0.385. The van der Waals surface area contributed by atoms with Crippen LogP contribution in [0.15, 0.2) is 18.2 Å².